The van der Waals surface area contributed by atoms with Gasteiger partial charge in [-0.05, 0) is 34.9 Å². The molecular formula is C15H15NOS2. The third-order valence-corrected chi connectivity index (χ3v) is 5.24. The summed E-state index contributed by atoms with van der Waals surface area (Å²) in [5.74, 6) is 0.236. The van der Waals surface area contributed by atoms with Gasteiger partial charge in [0.15, 0.2) is 10.1 Å². The van der Waals surface area contributed by atoms with Crippen molar-refractivity contribution >= 4 is 39.1 Å². The minimum absolute atomic E-state index is 0.0743. The van der Waals surface area contributed by atoms with Gasteiger partial charge in [-0.3, -0.25) is 4.79 Å². The molecule has 1 heterocycles. The fourth-order valence-corrected chi connectivity index (χ4v) is 4.84. The van der Waals surface area contributed by atoms with Gasteiger partial charge in [0.2, 0.25) is 0 Å². The van der Waals surface area contributed by atoms with E-state index < -0.39 is 0 Å². The van der Waals surface area contributed by atoms with Crippen molar-refractivity contribution in [2.75, 3.05) is 0 Å². The molecule has 98 valence electrons. The second-order valence-electron chi connectivity index (χ2n) is 5.64. The number of thiazole rings is 1. The van der Waals surface area contributed by atoms with Crippen LogP contribution in [-0.4, -0.2) is 10.8 Å². The largest absolute Gasteiger partial charge is 0.295 e. The maximum absolute atomic E-state index is 11.7. The lowest BCUT2D eigenvalue weighted by Gasteiger charge is -2.27. The normalized spacial score (nSPS) is 18.6. The Morgan fingerprint density at radius 1 is 1.26 bits per heavy atom. The maximum Gasteiger partial charge on any atom is 0.157 e. The number of hydrogen-bond acceptors (Lipinski definition) is 4. The number of carbonyl (C=O) groups excluding carboxylic acids is 1. The molecule has 0 aliphatic heterocycles. The van der Waals surface area contributed by atoms with Gasteiger partial charge in [-0.15, -0.1) is 11.3 Å². The van der Waals surface area contributed by atoms with Gasteiger partial charge in [-0.2, -0.15) is 0 Å². The Morgan fingerprint density at radius 3 is 2.79 bits per heavy atom. The summed E-state index contributed by atoms with van der Waals surface area (Å²) < 4.78 is 2.23. The van der Waals surface area contributed by atoms with Crippen molar-refractivity contribution in [1.29, 1.82) is 0 Å². The molecule has 0 saturated carbocycles. The van der Waals surface area contributed by atoms with Crippen LogP contribution in [0.2, 0.25) is 0 Å². The first-order chi connectivity index (χ1) is 9.02. The maximum atomic E-state index is 11.7. The lowest BCUT2D eigenvalue weighted by atomic mass is 9.80. The monoisotopic (exact) mass is 289 g/mol. The van der Waals surface area contributed by atoms with Crippen molar-refractivity contribution in [2.24, 2.45) is 5.41 Å². The highest BCUT2D eigenvalue weighted by atomic mass is 32.2. The van der Waals surface area contributed by atoms with Crippen LogP contribution in [0, 0.1) is 5.41 Å². The number of benzene rings is 1. The number of thioether (sulfide) groups is 1. The Bertz CT molecular complexity index is 637. The number of ketones is 1. The Balaban J connectivity index is 1.86. The molecule has 0 fully saturated rings. The van der Waals surface area contributed by atoms with Gasteiger partial charge < -0.3 is 0 Å². The minimum atomic E-state index is 0.0743. The fraction of sp³-hybridized carbons (Fsp3) is 0.333. The molecule has 2 aromatic rings. The van der Waals surface area contributed by atoms with E-state index in [0.29, 0.717) is 6.42 Å². The lowest BCUT2D eigenvalue weighted by Crippen LogP contribution is -2.20. The number of nitrogens with zero attached hydrogens (tertiary/aromatic N) is 1. The fourth-order valence-electron chi connectivity index (χ4n) is 2.36. The van der Waals surface area contributed by atoms with Crippen LogP contribution in [-0.2, 0) is 4.79 Å². The molecule has 0 radical (unpaired) electrons. The Hall–Kier alpha value is -1.13. The molecular weight excluding hydrogens is 274 g/mol. The second-order valence-corrected chi connectivity index (χ2v) is 8.05. The van der Waals surface area contributed by atoms with Gasteiger partial charge in [0.05, 0.1) is 10.2 Å². The van der Waals surface area contributed by atoms with Crippen molar-refractivity contribution < 1.29 is 4.79 Å². The van der Waals surface area contributed by atoms with Crippen LogP contribution in [0.3, 0.4) is 0 Å². The van der Waals surface area contributed by atoms with Gasteiger partial charge in [-0.25, -0.2) is 4.98 Å². The molecule has 1 aliphatic carbocycles. The van der Waals surface area contributed by atoms with Crippen LogP contribution >= 0.6 is 23.1 Å². The predicted molar refractivity (Wildman–Crippen MR) is 81.6 cm³/mol. The lowest BCUT2D eigenvalue weighted by molar-refractivity contribution is -0.116. The van der Waals surface area contributed by atoms with Crippen LogP contribution in [0.1, 0.15) is 26.7 Å². The molecule has 0 spiro atoms. The van der Waals surface area contributed by atoms with Crippen molar-refractivity contribution in [3.8, 4) is 0 Å². The standard InChI is InChI=1S/C15H15NOS2/c1-15(2)8-10(17)7-11(9-15)18-14-16-12-5-3-4-6-13(12)19-14/h3-7H,8-9H2,1-2H3. The van der Waals surface area contributed by atoms with Crippen LogP contribution in [0.4, 0.5) is 0 Å². The molecule has 3 rings (SSSR count). The number of aromatic nitrogens is 1. The van der Waals surface area contributed by atoms with E-state index in [1.54, 1.807) is 29.2 Å². The van der Waals surface area contributed by atoms with E-state index in [2.05, 4.69) is 24.9 Å². The average molecular weight is 289 g/mol. The first-order valence-electron chi connectivity index (χ1n) is 6.29. The average Bonchev–Trinajstić information content (AvgIpc) is 2.67. The highest BCUT2D eigenvalue weighted by molar-refractivity contribution is 8.04. The SMILES string of the molecule is CC1(C)CC(=O)C=C(Sc2nc3ccccc3s2)C1. The Labute approximate surface area is 120 Å². The molecule has 2 nitrogen and oxygen atoms in total. The van der Waals surface area contributed by atoms with Crippen LogP contribution in [0.5, 0.6) is 0 Å². The summed E-state index contributed by atoms with van der Waals surface area (Å²) in [6.45, 7) is 4.30. The molecule has 0 amide bonds. The predicted octanol–water partition coefficient (Wildman–Crippen LogP) is 4.66. The number of para-hydroxylation sites is 1. The highest BCUT2D eigenvalue weighted by Gasteiger charge is 2.28. The topological polar surface area (TPSA) is 30.0 Å². The van der Waals surface area contributed by atoms with E-state index in [0.717, 1.165) is 21.2 Å². The highest BCUT2D eigenvalue weighted by Crippen LogP contribution is 2.42. The van der Waals surface area contributed by atoms with E-state index in [-0.39, 0.29) is 11.2 Å². The number of hydrogen-bond donors (Lipinski definition) is 0. The molecule has 1 aromatic carbocycles. The molecule has 0 unspecified atom stereocenters. The summed E-state index contributed by atoms with van der Waals surface area (Å²) in [5.41, 5.74) is 1.11. The summed E-state index contributed by atoms with van der Waals surface area (Å²) >= 11 is 3.34. The zero-order valence-corrected chi connectivity index (χ0v) is 12.6. The number of fused-ring (bicyclic) bond motifs is 1. The number of allylic oxidation sites excluding steroid dienone is 2. The molecule has 0 N–H and O–H groups in total. The number of rotatable bonds is 2. The Kier molecular flexibility index (Phi) is 3.23. The summed E-state index contributed by atoms with van der Waals surface area (Å²) in [4.78, 5) is 17.5. The van der Waals surface area contributed by atoms with Gasteiger partial charge in [-0.1, -0.05) is 37.7 Å². The van der Waals surface area contributed by atoms with E-state index in [9.17, 15) is 4.79 Å². The van der Waals surface area contributed by atoms with E-state index >= 15 is 0 Å². The van der Waals surface area contributed by atoms with Gasteiger partial charge in [0.1, 0.15) is 0 Å². The Morgan fingerprint density at radius 2 is 2.05 bits per heavy atom. The summed E-state index contributed by atoms with van der Waals surface area (Å²) in [6, 6.07) is 8.14. The number of carbonyl (C=O) groups is 1. The van der Waals surface area contributed by atoms with E-state index in [1.165, 1.54) is 4.70 Å². The third kappa shape index (κ3) is 2.90. The van der Waals surface area contributed by atoms with Crippen LogP contribution in [0.15, 0.2) is 39.6 Å². The van der Waals surface area contributed by atoms with Crippen molar-refractivity contribution in [1.82, 2.24) is 4.98 Å². The first-order valence-corrected chi connectivity index (χ1v) is 7.92. The first kappa shape index (κ1) is 12.9. The molecule has 1 aromatic heterocycles. The quantitative estimate of drug-likeness (QED) is 0.805. The van der Waals surface area contributed by atoms with E-state index in [1.807, 2.05) is 18.2 Å². The molecule has 0 bridgehead atoms. The smallest absolute Gasteiger partial charge is 0.157 e. The zero-order valence-electron chi connectivity index (χ0n) is 11.0. The van der Waals surface area contributed by atoms with Gasteiger partial charge in [0.25, 0.3) is 0 Å². The van der Waals surface area contributed by atoms with Crippen molar-refractivity contribution in [3.05, 3.63) is 35.2 Å². The summed E-state index contributed by atoms with van der Waals surface area (Å²) in [7, 11) is 0. The summed E-state index contributed by atoms with van der Waals surface area (Å²) in [6.07, 6.45) is 3.40. The van der Waals surface area contributed by atoms with Crippen molar-refractivity contribution in [2.45, 2.75) is 31.0 Å². The zero-order chi connectivity index (χ0) is 13.5. The van der Waals surface area contributed by atoms with Crippen molar-refractivity contribution in [3.63, 3.8) is 0 Å². The minimum Gasteiger partial charge on any atom is -0.295 e. The third-order valence-electron chi connectivity index (χ3n) is 3.12. The van der Waals surface area contributed by atoms with Crippen LogP contribution < -0.4 is 0 Å². The van der Waals surface area contributed by atoms with Gasteiger partial charge in [0, 0.05) is 6.42 Å². The molecule has 19 heavy (non-hydrogen) atoms. The van der Waals surface area contributed by atoms with E-state index in [4.69, 9.17) is 0 Å². The van der Waals surface area contributed by atoms with Gasteiger partial charge >= 0.3 is 0 Å². The second kappa shape index (κ2) is 4.76. The molecule has 4 heteroatoms. The summed E-state index contributed by atoms with van der Waals surface area (Å²) in [5, 5.41) is 0. The van der Waals surface area contributed by atoms with Crippen LogP contribution in [0.25, 0.3) is 10.2 Å². The molecule has 0 atom stereocenters. The molecule has 0 saturated heterocycles. The molecule has 1 aliphatic rings.